The average molecular weight is 370 g/mol. The average Bonchev–Trinajstić information content (AvgIpc) is 3.25. The summed E-state index contributed by atoms with van der Waals surface area (Å²) in [5.41, 5.74) is 1.04. The number of urea groups is 1. The molecule has 0 bridgehead atoms. The number of nitrogens with zero attached hydrogens (tertiary/aromatic N) is 2. The van der Waals surface area contributed by atoms with E-state index in [9.17, 15) is 4.79 Å². The van der Waals surface area contributed by atoms with Gasteiger partial charge in [-0.1, -0.05) is 0 Å². The van der Waals surface area contributed by atoms with Gasteiger partial charge in [0, 0.05) is 25.8 Å². The zero-order valence-electron chi connectivity index (χ0n) is 15.6. The topological polar surface area (TPSA) is 75.7 Å². The van der Waals surface area contributed by atoms with Crippen LogP contribution in [0.2, 0.25) is 0 Å². The minimum absolute atomic E-state index is 0.215. The molecule has 2 aromatic rings. The molecule has 3 rings (SSSR count). The highest BCUT2D eigenvalue weighted by molar-refractivity contribution is 5.73. The summed E-state index contributed by atoms with van der Waals surface area (Å²) in [6, 6.07) is 11.1. The molecule has 2 amide bonds. The van der Waals surface area contributed by atoms with Gasteiger partial charge in [0.2, 0.25) is 0 Å². The maximum absolute atomic E-state index is 11.9. The first kappa shape index (κ1) is 18.8. The van der Waals surface area contributed by atoms with E-state index in [-0.39, 0.29) is 6.03 Å². The number of amides is 2. The van der Waals surface area contributed by atoms with Crippen molar-refractivity contribution >= 4 is 11.8 Å². The monoisotopic (exact) mass is 370 g/mol. The van der Waals surface area contributed by atoms with Crippen LogP contribution in [0.25, 0.3) is 0 Å². The normalized spacial score (nSPS) is 13.3. The van der Waals surface area contributed by atoms with Crippen molar-refractivity contribution in [3.05, 3.63) is 48.2 Å². The first-order valence-corrected chi connectivity index (χ1v) is 9.23. The number of ether oxygens (including phenoxy) is 2. The van der Waals surface area contributed by atoms with Gasteiger partial charge in [-0.3, -0.25) is 0 Å². The third kappa shape index (κ3) is 5.77. The van der Waals surface area contributed by atoms with Crippen LogP contribution in [0.4, 0.5) is 10.6 Å². The van der Waals surface area contributed by atoms with Crippen molar-refractivity contribution in [1.82, 2.24) is 15.6 Å². The zero-order valence-corrected chi connectivity index (χ0v) is 15.6. The summed E-state index contributed by atoms with van der Waals surface area (Å²) in [4.78, 5) is 18.6. The molecule has 7 nitrogen and oxygen atoms in total. The van der Waals surface area contributed by atoms with E-state index in [0.29, 0.717) is 19.7 Å². The fourth-order valence-corrected chi connectivity index (χ4v) is 2.94. The minimum atomic E-state index is -0.215. The molecule has 0 saturated carbocycles. The molecule has 0 radical (unpaired) electrons. The van der Waals surface area contributed by atoms with E-state index in [4.69, 9.17) is 9.47 Å². The number of hydrogen-bond donors (Lipinski definition) is 2. The van der Waals surface area contributed by atoms with Crippen LogP contribution in [0.15, 0.2) is 42.6 Å². The number of anilines is 1. The zero-order chi connectivity index (χ0) is 18.9. The Labute approximate surface area is 159 Å². The lowest BCUT2D eigenvalue weighted by atomic mass is 10.2. The van der Waals surface area contributed by atoms with Gasteiger partial charge in [-0.2, -0.15) is 0 Å². The van der Waals surface area contributed by atoms with E-state index in [0.717, 1.165) is 36.0 Å². The molecular formula is C20H26N4O3. The maximum atomic E-state index is 11.9. The lowest BCUT2D eigenvalue weighted by Gasteiger charge is -2.17. The SMILES string of the molecule is COc1ccc(OCCNC(=O)NCc2ccnc(N3CCCC3)c2)cc1. The number of pyridine rings is 1. The molecule has 2 heterocycles. The van der Waals surface area contributed by atoms with Gasteiger partial charge in [-0.05, 0) is 54.8 Å². The Morgan fingerprint density at radius 3 is 2.59 bits per heavy atom. The highest BCUT2D eigenvalue weighted by Crippen LogP contribution is 2.18. The second-order valence-corrected chi connectivity index (χ2v) is 6.35. The van der Waals surface area contributed by atoms with Gasteiger partial charge in [0.25, 0.3) is 0 Å². The van der Waals surface area contributed by atoms with Gasteiger partial charge in [-0.15, -0.1) is 0 Å². The fraction of sp³-hybridized carbons (Fsp3) is 0.400. The van der Waals surface area contributed by atoms with Gasteiger partial charge in [-0.25, -0.2) is 9.78 Å². The van der Waals surface area contributed by atoms with E-state index in [1.54, 1.807) is 13.3 Å². The first-order chi connectivity index (χ1) is 13.2. The third-order valence-electron chi connectivity index (χ3n) is 4.41. The van der Waals surface area contributed by atoms with Crippen LogP contribution in [0.3, 0.4) is 0 Å². The van der Waals surface area contributed by atoms with Crippen LogP contribution in [0, 0.1) is 0 Å². The van der Waals surface area contributed by atoms with Gasteiger partial charge in [0.1, 0.15) is 23.9 Å². The summed E-state index contributed by atoms with van der Waals surface area (Å²) in [7, 11) is 1.62. The summed E-state index contributed by atoms with van der Waals surface area (Å²) < 4.78 is 10.7. The molecule has 2 N–H and O–H groups in total. The second-order valence-electron chi connectivity index (χ2n) is 6.35. The smallest absolute Gasteiger partial charge is 0.315 e. The third-order valence-corrected chi connectivity index (χ3v) is 4.41. The molecule has 7 heteroatoms. The van der Waals surface area contributed by atoms with E-state index in [1.165, 1.54) is 12.8 Å². The summed E-state index contributed by atoms with van der Waals surface area (Å²) in [6.07, 6.45) is 4.22. The molecule has 1 aliphatic heterocycles. The number of carbonyl (C=O) groups excluding carboxylic acids is 1. The molecule has 1 aliphatic rings. The van der Waals surface area contributed by atoms with E-state index in [2.05, 4.69) is 20.5 Å². The number of carbonyl (C=O) groups is 1. The molecule has 1 fully saturated rings. The molecule has 1 saturated heterocycles. The predicted molar refractivity (Wildman–Crippen MR) is 104 cm³/mol. The number of aromatic nitrogens is 1. The van der Waals surface area contributed by atoms with Crippen molar-refractivity contribution in [2.75, 3.05) is 38.3 Å². The molecule has 144 valence electrons. The van der Waals surface area contributed by atoms with Crippen LogP contribution in [-0.4, -0.2) is 44.4 Å². The van der Waals surface area contributed by atoms with Gasteiger partial charge >= 0.3 is 6.03 Å². The maximum Gasteiger partial charge on any atom is 0.315 e. The number of nitrogens with one attached hydrogen (secondary N) is 2. The highest BCUT2D eigenvalue weighted by Gasteiger charge is 2.13. The summed E-state index contributed by atoms with van der Waals surface area (Å²) in [6.45, 7) is 3.40. The molecule has 1 aromatic carbocycles. The van der Waals surface area contributed by atoms with Gasteiger partial charge < -0.3 is 25.0 Å². The standard InChI is InChI=1S/C20H26N4O3/c1-26-17-4-6-18(7-5-17)27-13-10-22-20(25)23-15-16-8-9-21-19(14-16)24-11-2-3-12-24/h4-9,14H,2-3,10-13,15H2,1H3,(H2,22,23,25). The van der Waals surface area contributed by atoms with Crippen LogP contribution >= 0.6 is 0 Å². The van der Waals surface area contributed by atoms with Crippen molar-refractivity contribution in [2.45, 2.75) is 19.4 Å². The van der Waals surface area contributed by atoms with E-state index < -0.39 is 0 Å². The number of benzene rings is 1. The summed E-state index contributed by atoms with van der Waals surface area (Å²) in [5, 5.41) is 5.65. The highest BCUT2D eigenvalue weighted by atomic mass is 16.5. The number of hydrogen-bond acceptors (Lipinski definition) is 5. The minimum Gasteiger partial charge on any atom is -0.497 e. The van der Waals surface area contributed by atoms with E-state index >= 15 is 0 Å². The lowest BCUT2D eigenvalue weighted by molar-refractivity contribution is 0.236. The van der Waals surface area contributed by atoms with Crippen molar-refractivity contribution in [2.24, 2.45) is 0 Å². The molecule has 1 aromatic heterocycles. The van der Waals surface area contributed by atoms with Crippen molar-refractivity contribution < 1.29 is 14.3 Å². The van der Waals surface area contributed by atoms with Crippen molar-refractivity contribution in [3.63, 3.8) is 0 Å². The Morgan fingerprint density at radius 2 is 1.85 bits per heavy atom. The van der Waals surface area contributed by atoms with Crippen molar-refractivity contribution in [3.8, 4) is 11.5 Å². The summed E-state index contributed by atoms with van der Waals surface area (Å²) >= 11 is 0. The number of methoxy groups -OCH3 is 1. The molecule has 27 heavy (non-hydrogen) atoms. The first-order valence-electron chi connectivity index (χ1n) is 9.23. The largest absolute Gasteiger partial charge is 0.497 e. The van der Waals surface area contributed by atoms with Crippen molar-refractivity contribution in [1.29, 1.82) is 0 Å². The van der Waals surface area contributed by atoms with E-state index in [1.807, 2.05) is 36.4 Å². The Bertz CT molecular complexity index is 730. The molecule has 0 unspecified atom stereocenters. The number of rotatable bonds is 8. The van der Waals surface area contributed by atoms with Crippen LogP contribution < -0.4 is 25.0 Å². The molecule has 0 atom stereocenters. The van der Waals surface area contributed by atoms with Crippen LogP contribution in [-0.2, 0) is 6.54 Å². The quantitative estimate of drug-likeness (QED) is 0.699. The lowest BCUT2D eigenvalue weighted by Crippen LogP contribution is -2.37. The second kappa shape index (κ2) is 9.66. The van der Waals surface area contributed by atoms with Crippen LogP contribution in [0.1, 0.15) is 18.4 Å². The van der Waals surface area contributed by atoms with Crippen LogP contribution in [0.5, 0.6) is 11.5 Å². The Morgan fingerprint density at radius 1 is 1.11 bits per heavy atom. The Balaban J connectivity index is 1.35. The predicted octanol–water partition coefficient (Wildman–Crippen LogP) is 2.57. The molecular weight excluding hydrogens is 344 g/mol. The Kier molecular flexibility index (Phi) is 6.73. The molecule has 0 aliphatic carbocycles. The fourth-order valence-electron chi connectivity index (χ4n) is 2.94. The van der Waals surface area contributed by atoms with Gasteiger partial charge in [0.05, 0.1) is 13.7 Å². The summed E-state index contributed by atoms with van der Waals surface area (Å²) in [5.74, 6) is 2.51. The van der Waals surface area contributed by atoms with Gasteiger partial charge in [0.15, 0.2) is 0 Å². The Hall–Kier alpha value is -2.96. The molecule has 0 spiro atoms.